The summed E-state index contributed by atoms with van der Waals surface area (Å²) in [5, 5.41) is 15.4. The normalized spacial score (nSPS) is 19.9. The van der Waals surface area contributed by atoms with E-state index in [9.17, 15) is 9.90 Å². The van der Waals surface area contributed by atoms with Crippen LogP contribution in [0.3, 0.4) is 0 Å². The van der Waals surface area contributed by atoms with Crippen molar-refractivity contribution in [3.63, 3.8) is 0 Å². The first kappa shape index (κ1) is 15.7. The van der Waals surface area contributed by atoms with E-state index in [0.717, 1.165) is 35.9 Å². The average Bonchev–Trinajstić information content (AvgIpc) is 3.22. The standard InChI is InChI=1S/C19H19N3O3/c23-16-6-3-5-14(16)22-19(24)20-13-10-8-12(9-11-13)18-21-15-4-1-2-7-17(15)25-18/h1-2,4,7-11,14,16,23H,3,5-6H2,(H2,20,22,24)/t14-,16+/m0/s1. The van der Waals surface area contributed by atoms with Gasteiger partial charge in [0.2, 0.25) is 5.89 Å². The van der Waals surface area contributed by atoms with Crippen LogP contribution in [0, 0.1) is 0 Å². The van der Waals surface area contributed by atoms with Crippen LogP contribution in [0.2, 0.25) is 0 Å². The fourth-order valence-electron chi connectivity index (χ4n) is 3.14. The molecule has 3 aromatic rings. The molecule has 1 aliphatic carbocycles. The Kier molecular flexibility index (Phi) is 4.11. The summed E-state index contributed by atoms with van der Waals surface area (Å²) in [6, 6.07) is 14.4. The van der Waals surface area contributed by atoms with Crippen molar-refractivity contribution in [1.82, 2.24) is 10.3 Å². The Morgan fingerprint density at radius 2 is 1.92 bits per heavy atom. The Morgan fingerprint density at radius 3 is 2.64 bits per heavy atom. The molecule has 2 atom stereocenters. The quantitative estimate of drug-likeness (QED) is 0.682. The molecule has 3 N–H and O–H groups in total. The molecule has 1 aliphatic rings. The van der Waals surface area contributed by atoms with E-state index in [4.69, 9.17) is 4.42 Å². The van der Waals surface area contributed by atoms with Gasteiger partial charge in [-0.3, -0.25) is 0 Å². The largest absolute Gasteiger partial charge is 0.436 e. The lowest BCUT2D eigenvalue weighted by molar-refractivity contribution is 0.151. The summed E-state index contributed by atoms with van der Waals surface area (Å²) in [5.41, 5.74) is 3.07. The number of anilines is 1. The third-order valence-corrected chi connectivity index (χ3v) is 4.48. The van der Waals surface area contributed by atoms with Crippen LogP contribution in [-0.2, 0) is 0 Å². The molecule has 0 saturated heterocycles. The van der Waals surface area contributed by atoms with E-state index in [1.807, 2.05) is 36.4 Å². The molecule has 1 heterocycles. The Balaban J connectivity index is 1.43. The number of nitrogens with one attached hydrogen (secondary N) is 2. The number of nitrogens with zero attached hydrogens (tertiary/aromatic N) is 1. The van der Waals surface area contributed by atoms with Crippen molar-refractivity contribution in [2.45, 2.75) is 31.4 Å². The highest BCUT2D eigenvalue weighted by Gasteiger charge is 2.26. The van der Waals surface area contributed by atoms with E-state index in [1.54, 1.807) is 12.1 Å². The Bertz CT molecular complexity index is 855. The molecule has 6 heteroatoms. The van der Waals surface area contributed by atoms with Gasteiger partial charge in [0.05, 0.1) is 12.1 Å². The first-order valence-electron chi connectivity index (χ1n) is 8.41. The number of aromatic nitrogens is 1. The summed E-state index contributed by atoms with van der Waals surface area (Å²) in [7, 11) is 0. The first-order chi connectivity index (χ1) is 12.2. The molecular weight excluding hydrogens is 318 g/mol. The van der Waals surface area contributed by atoms with Crippen LogP contribution in [0.15, 0.2) is 52.9 Å². The molecule has 0 spiro atoms. The Hall–Kier alpha value is -2.86. The minimum absolute atomic E-state index is 0.168. The molecule has 0 aliphatic heterocycles. The van der Waals surface area contributed by atoms with E-state index in [1.165, 1.54) is 0 Å². The number of urea groups is 1. The van der Waals surface area contributed by atoms with Gasteiger partial charge in [0.1, 0.15) is 5.52 Å². The summed E-state index contributed by atoms with van der Waals surface area (Å²) in [6.07, 6.45) is 2.04. The van der Waals surface area contributed by atoms with Crippen molar-refractivity contribution in [3.05, 3.63) is 48.5 Å². The number of hydrogen-bond acceptors (Lipinski definition) is 4. The van der Waals surface area contributed by atoms with Crippen molar-refractivity contribution in [2.75, 3.05) is 5.32 Å². The van der Waals surface area contributed by atoms with E-state index in [2.05, 4.69) is 15.6 Å². The molecule has 0 bridgehead atoms. The fourth-order valence-corrected chi connectivity index (χ4v) is 3.14. The van der Waals surface area contributed by atoms with Crippen molar-refractivity contribution < 1.29 is 14.3 Å². The van der Waals surface area contributed by atoms with Crippen LogP contribution in [-0.4, -0.2) is 28.3 Å². The summed E-state index contributed by atoms with van der Waals surface area (Å²) in [6.45, 7) is 0. The average molecular weight is 337 g/mol. The molecule has 2 amide bonds. The number of amides is 2. The minimum atomic E-state index is -0.452. The topological polar surface area (TPSA) is 87.4 Å². The molecule has 1 fully saturated rings. The number of aliphatic hydroxyl groups is 1. The summed E-state index contributed by atoms with van der Waals surface area (Å²) in [5.74, 6) is 0.547. The van der Waals surface area contributed by atoms with Gasteiger partial charge in [0, 0.05) is 11.3 Å². The molecule has 1 aromatic heterocycles. The number of carbonyl (C=O) groups is 1. The van der Waals surface area contributed by atoms with Crippen LogP contribution < -0.4 is 10.6 Å². The van der Waals surface area contributed by atoms with Gasteiger partial charge >= 0.3 is 6.03 Å². The second-order valence-electron chi connectivity index (χ2n) is 6.27. The Morgan fingerprint density at radius 1 is 1.12 bits per heavy atom. The second-order valence-corrected chi connectivity index (χ2v) is 6.27. The lowest BCUT2D eigenvalue weighted by Crippen LogP contribution is -2.42. The van der Waals surface area contributed by atoms with Gasteiger partial charge in [-0.2, -0.15) is 0 Å². The van der Waals surface area contributed by atoms with Gasteiger partial charge in [0.25, 0.3) is 0 Å². The minimum Gasteiger partial charge on any atom is -0.436 e. The van der Waals surface area contributed by atoms with E-state index in [0.29, 0.717) is 11.6 Å². The number of para-hydroxylation sites is 2. The van der Waals surface area contributed by atoms with E-state index in [-0.39, 0.29) is 12.1 Å². The third-order valence-electron chi connectivity index (χ3n) is 4.48. The van der Waals surface area contributed by atoms with Crippen LogP contribution >= 0.6 is 0 Å². The first-order valence-corrected chi connectivity index (χ1v) is 8.41. The number of fused-ring (bicyclic) bond motifs is 1. The monoisotopic (exact) mass is 337 g/mol. The predicted molar refractivity (Wildman–Crippen MR) is 95.2 cm³/mol. The van der Waals surface area contributed by atoms with Crippen LogP contribution in [0.4, 0.5) is 10.5 Å². The lowest BCUT2D eigenvalue weighted by atomic mass is 10.2. The molecular formula is C19H19N3O3. The number of hydrogen-bond donors (Lipinski definition) is 3. The van der Waals surface area contributed by atoms with Gasteiger partial charge < -0.3 is 20.2 Å². The highest BCUT2D eigenvalue weighted by atomic mass is 16.3. The molecule has 1 saturated carbocycles. The molecule has 25 heavy (non-hydrogen) atoms. The summed E-state index contributed by atoms with van der Waals surface area (Å²) >= 11 is 0. The zero-order chi connectivity index (χ0) is 17.2. The summed E-state index contributed by atoms with van der Waals surface area (Å²) in [4.78, 5) is 16.5. The Labute approximate surface area is 144 Å². The maximum atomic E-state index is 12.0. The molecule has 6 nitrogen and oxygen atoms in total. The molecule has 2 aromatic carbocycles. The predicted octanol–water partition coefficient (Wildman–Crippen LogP) is 3.53. The highest BCUT2D eigenvalue weighted by molar-refractivity contribution is 5.89. The van der Waals surface area contributed by atoms with Crippen molar-refractivity contribution in [3.8, 4) is 11.5 Å². The van der Waals surface area contributed by atoms with Crippen LogP contribution in [0.1, 0.15) is 19.3 Å². The van der Waals surface area contributed by atoms with Crippen LogP contribution in [0.25, 0.3) is 22.6 Å². The lowest BCUT2D eigenvalue weighted by Gasteiger charge is -2.16. The number of benzene rings is 2. The van der Waals surface area contributed by atoms with Gasteiger partial charge in [0.15, 0.2) is 5.58 Å². The summed E-state index contributed by atoms with van der Waals surface area (Å²) < 4.78 is 5.74. The van der Waals surface area contributed by atoms with Gasteiger partial charge in [-0.15, -0.1) is 0 Å². The molecule has 128 valence electrons. The fraction of sp³-hybridized carbons (Fsp3) is 0.263. The maximum absolute atomic E-state index is 12.0. The van der Waals surface area contributed by atoms with E-state index < -0.39 is 6.10 Å². The van der Waals surface area contributed by atoms with Gasteiger partial charge in [-0.05, 0) is 55.7 Å². The highest BCUT2D eigenvalue weighted by Crippen LogP contribution is 2.25. The number of aliphatic hydroxyl groups excluding tert-OH is 1. The zero-order valence-corrected chi connectivity index (χ0v) is 13.6. The van der Waals surface area contributed by atoms with E-state index >= 15 is 0 Å². The molecule has 0 unspecified atom stereocenters. The SMILES string of the molecule is O=C(Nc1ccc(-c2nc3ccccc3o2)cc1)N[C@H]1CCC[C@H]1O. The number of carbonyl (C=O) groups excluding carboxylic acids is 1. The molecule has 4 rings (SSSR count). The third kappa shape index (κ3) is 3.34. The zero-order valence-electron chi connectivity index (χ0n) is 13.6. The van der Waals surface area contributed by atoms with Gasteiger partial charge in [-0.1, -0.05) is 12.1 Å². The van der Waals surface area contributed by atoms with Crippen molar-refractivity contribution >= 4 is 22.8 Å². The van der Waals surface area contributed by atoms with Crippen molar-refractivity contribution in [2.24, 2.45) is 0 Å². The molecule has 0 radical (unpaired) electrons. The smallest absolute Gasteiger partial charge is 0.319 e. The number of rotatable bonds is 3. The second kappa shape index (κ2) is 6.57. The van der Waals surface area contributed by atoms with Gasteiger partial charge in [-0.25, -0.2) is 9.78 Å². The number of oxazole rings is 1. The van der Waals surface area contributed by atoms with Crippen molar-refractivity contribution in [1.29, 1.82) is 0 Å². The van der Waals surface area contributed by atoms with Crippen LogP contribution in [0.5, 0.6) is 0 Å². The maximum Gasteiger partial charge on any atom is 0.319 e.